The lowest BCUT2D eigenvalue weighted by Gasteiger charge is -2.41. The number of piperidine rings is 1. The summed E-state index contributed by atoms with van der Waals surface area (Å²) in [4.78, 5) is 2.89. The molecule has 3 fully saturated rings. The average molecular weight is 268 g/mol. The first-order valence-electron chi connectivity index (χ1n) is 7.95. The zero-order chi connectivity index (χ0) is 12.4. The molecule has 104 valence electrons. The smallest absolute Gasteiger partial charge is 0.0215 e. The van der Waals surface area contributed by atoms with E-state index in [1.54, 1.807) is 0 Å². The van der Waals surface area contributed by atoms with Crippen LogP contribution in [0, 0.1) is 0 Å². The van der Waals surface area contributed by atoms with Crippen molar-refractivity contribution in [3.8, 4) is 0 Å². The van der Waals surface area contributed by atoms with Crippen LogP contribution in [0.5, 0.6) is 0 Å². The Morgan fingerprint density at radius 2 is 2.00 bits per heavy atom. The van der Waals surface area contributed by atoms with Crippen LogP contribution < -0.4 is 5.32 Å². The molecule has 0 spiro atoms. The highest BCUT2D eigenvalue weighted by atomic mass is 32.2. The fourth-order valence-corrected chi connectivity index (χ4v) is 4.86. The predicted molar refractivity (Wildman–Crippen MR) is 80.3 cm³/mol. The zero-order valence-corrected chi connectivity index (χ0v) is 12.6. The van der Waals surface area contributed by atoms with Gasteiger partial charge in [-0.25, -0.2) is 0 Å². The van der Waals surface area contributed by atoms with Crippen LogP contribution in [0.1, 0.15) is 51.9 Å². The molecule has 2 saturated heterocycles. The molecule has 1 aliphatic carbocycles. The van der Waals surface area contributed by atoms with Gasteiger partial charge in [-0.2, -0.15) is 11.8 Å². The number of nitrogens with zero attached hydrogens (tertiary/aromatic N) is 1. The topological polar surface area (TPSA) is 15.3 Å². The third kappa shape index (κ3) is 3.23. The third-order valence-corrected chi connectivity index (χ3v) is 6.22. The Balaban J connectivity index is 1.59. The molecule has 0 aromatic rings. The van der Waals surface area contributed by atoms with Crippen LogP contribution in [-0.2, 0) is 0 Å². The number of hydrogen-bond donors (Lipinski definition) is 1. The van der Waals surface area contributed by atoms with Crippen molar-refractivity contribution in [2.45, 2.75) is 75.2 Å². The summed E-state index contributed by atoms with van der Waals surface area (Å²) in [6.45, 7) is 5.02. The van der Waals surface area contributed by atoms with Crippen molar-refractivity contribution in [3.05, 3.63) is 0 Å². The fraction of sp³-hybridized carbons (Fsp3) is 1.00. The Labute approximate surface area is 116 Å². The SMILES string of the molecule is CC1SCCCC1N(CC1CCCCN1)C1CC1. The van der Waals surface area contributed by atoms with Crippen LogP contribution in [0.15, 0.2) is 0 Å². The second-order valence-electron chi connectivity index (χ2n) is 6.36. The van der Waals surface area contributed by atoms with E-state index in [0.717, 1.165) is 23.4 Å². The molecule has 2 aliphatic heterocycles. The molecular weight excluding hydrogens is 240 g/mol. The lowest BCUT2D eigenvalue weighted by atomic mass is 10.0. The molecule has 0 bridgehead atoms. The first kappa shape index (κ1) is 13.3. The highest BCUT2D eigenvalue weighted by Crippen LogP contribution is 2.36. The van der Waals surface area contributed by atoms with E-state index in [-0.39, 0.29) is 0 Å². The van der Waals surface area contributed by atoms with Crippen LogP contribution in [0.4, 0.5) is 0 Å². The van der Waals surface area contributed by atoms with Gasteiger partial charge in [-0.1, -0.05) is 13.3 Å². The number of hydrogen-bond acceptors (Lipinski definition) is 3. The van der Waals surface area contributed by atoms with E-state index in [1.165, 1.54) is 63.8 Å². The predicted octanol–water partition coefficient (Wildman–Crippen LogP) is 2.88. The molecule has 3 aliphatic rings. The van der Waals surface area contributed by atoms with Gasteiger partial charge in [-0.3, -0.25) is 4.90 Å². The molecule has 0 aromatic carbocycles. The van der Waals surface area contributed by atoms with Gasteiger partial charge in [0.2, 0.25) is 0 Å². The summed E-state index contributed by atoms with van der Waals surface area (Å²) in [6.07, 6.45) is 10.0. The first-order chi connectivity index (χ1) is 8.84. The van der Waals surface area contributed by atoms with E-state index in [4.69, 9.17) is 0 Å². The first-order valence-corrected chi connectivity index (χ1v) is 9.00. The Kier molecular flexibility index (Phi) is 4.53. The average Bonchev–Trinajstić information content (AvgIpc) is 3.23. The molecular formula is C15H28N2S. The van der Waals surface area contributed by atoms with Gasteiger partial charge in [0.05, 0.1) is 0 Å². The van der Waals surface area contributed by atoms with E-state index in [0.29, 0.717) is 0 Å². The normalized spacial score (nSPS) is 38.0. The van der Waals surface area contributed by atoms with Crippen LogP contribution in [0.3, 0.4) is 0 Å². The van der Waals surface area contributed by atoms with E-state index >= 15 is 0 Å². The van der Waals surface area contributed by atoms with Gasteiger partial charge in [0, 0.05) is 29.9 Å². The largest absolute Gasteiger partial charge is 0.313 e. The van der Waals surface area contributed by atoms with Crippen molar-refractivity contribution in [2.24, 2.45) is 0 Å². The number of rotatable bonds is 4. The number of thioether (sulfide) groups is 1. The van der Waals surface area contributed by atoms with Crippen molar-refractivity contribution >= 4 is 11.8 Å². The molecule has 1 saturated carbocycles. The summed E-state index contributed by atoms with van der Waals surface area (Å²) < 4.78 is 0. The van der Waals surface area contributed by atoms with Crippen LogP contribution in [0.25, 0.3) is 0 Å². The van der Waals surface area contributed by atoms with E-state index in [2.05, 4.69) is 28.9 Å². The van der Waals surface area contributed by atoms with Crippen molar-refractivity contribution in [3.63, 3.8) is 0 Å². The highest BCUT2D eigenvalue weighted by molar-refractivity contribution is 7.99. The fourth-order valence-electron chi connectivity index (χ4n) is 3.64. The summed E-state index contributed by atoms with van der Waals surface area (Å²) >= 11 is 2.20. The number of nitrogens with one attached hydrogen (secondary N) is 1. The second-order valence-corrected chi connectivity index (χ2v) is 7.85. The molecule has 3 heteroatoms. The van der Waals surface area contributed by atoms with Crippen molar-refractivity contribution < 1.29 is 0 Å². The molecule has 3 rings (SSSR count). The van der Waals surface area contributed by atoms with Crippen molar-refractivity contribution in [1.82, 2.24) is 10.2 Å². The molecule has 18 heavy (non-hydrogen) atoms. The molecule has 0 amide bonds. The van der Waals surface area contributed by atoms with Gasteiger partial charge >= 0.3 is 0 Å². The highest BCUT2D eigenvalue weighted by Gasteiger charge is 2.38. The summed E-state index contributed by atoms with van der Waals surface area (Å²) in [5.41, 5.74) is 0. The van der Waals surface area contributed by atoms with Crippen LogP contribution >= 0.6 is 11.8 Å². The Bertz CT molecular complexity index is 261. The summed E-state index contributed by atoms with van der Waals surface area (Å²) in [7, 11) is 0. The zero-order valence-electron chi connectivity index (χ0n) is 11.7. The van der Waals surface area contributed by atoms with Gasteiger partial charge in [-0.05, 0) is 50.8 Å². The van der Waals surface area contributed by atoms with Gasteiger partial charge in [0.15, 0.2) is 0 Å². The van der Waals surface area contributed by atoms with Gasteiger partial charge < -0.3 is 5.32 Å². The molecule has 3 unspecified atom stereocenters. The maximum Gasteiger partial charge on any atom is 0.0215 e. The van der Waals surface area contributed by atoms with Crippen LogP contribution in [0.2, 0.25) is 0 Å². The maximum atomic E-state index is 3.74. The van der Waals surface area contributed by atoms with E-state index < -0.39 is 0 Å². The molecule has 1 N–H and O–H groups in total. The molecule has 3 atom stereocenters. The third-order valence-electron chi connectivity index (χ3n) is 4.85. The van der Waals surface area contributed by atoms with E-state index in [9.17, 15) is 0 Å². The summed E-state index contributed by atoms with van der Waals surface area (Å²) in [5.74, 6) is 1.39. The Hall–Kier alpha value is 0.270. The lowest BCUT2D eigenvalue weighted by molar-refractivity contribution is 0.145. The molecule has 0 aromatic heterocycles. The Morgan fingerprint density at radius 1 is 1.11 bits per heavy atom. The Morgan fingerprint density at radius 3 is 2.67 bits per heavy atom. The lowest BCUT2D eigenvalue weighted by Crippen LogP contribution is -2.51. The molecule has 2 heterocycles. The maximum absolute atomic E-state index is 3.74. The second kappa shape index (κ2) is 6.15. The van der Waals surface area contributed by atoms with Gasteiger partial charge in [-0.15, -0.1) is 0 Å². The minimum absolute atomic E-state index is 0.776. The van der Waals surface area contributed by atoms with E-state index in [1.807, 2.05) is 0 Å². The monoisotopic (exact) mass is 268 g/mol. The van der Waals surface area contributed by atoms with Crippen molar-refractivity contribution in [1.29, 1.82) is 0 Å². The molecule has 0 radical (unpaired) electrons. The summed E-state index contributed by atoms with van der Waals surface area (Å²) in [5, 5.41) is 4.59. The minimum atomic E-state index is 0.776. The van der Waals surface area contributed by atoms with Crippen molar-refractivity contribution in [2.75, 3.05) is 18.8 Å². The summed E-state index contributed by atoms with van der Waals surface area (Å²) in [6, 6.07) is 2.57. The quantitative estimate of drug-likeness (QED) is 0.844. The van der Waals surface area contributed by atoms with Crippen LogP contribution in [-0.4, -0.2) is 47.1 Å². The standard InChI is InChI=1S/C15H28N2S/c1-12-15(6-4-10-18-12)17(14-7-8-14)11-13-5-2-3-9-16-13/h12-16H,2-11H2,1H3. The molecule has 2 nitrogen and oxygen atoms in total. The minimum Gasteiger partial charge on any atom is -0.313 e. The van der Waals surface area contributed by atoms with Gasteiger partial charge in [0.1, 0.15) is 0 Å². The van der Waals surface area contributed by atoms with Gasteiger partial charge in [0.25, 0.3) is 0 Å².